The highest BCUT2D eigenvalue weighted by atomic mass is 127. The average Bonchev–Trinajstić information content (AvgIpc) is 3.02. The zero-order chi connectivity index (χ0) is 19.4. The monoisotopic (exact) mass is 514 g/mol. The summed E-state index contributed by atoms with van der Waals surface area (Å²) in [5.74, 6) is 1.37. The number of aromatic nitrogens is 3. The van der Waals surface area contributed by atoms with Gasteiger partial charge in [-0.25, -0.2) is 0 Å². The van der Waals surface area contributed by atoms with Crippen LogP contribution in [0.15, 0.2) is 4.99 Å². The van der Waals surface area contributed by atoms with Gasteiger partial charge in [-0.3, -0.25) is 4.99 Å². The minimum Gasteiger partial charge on any atom is -0.356 e. The van der Waals surface area contributed by atoms with Crippen molar-refractivity contribution in [2.24, 2.45) is 22.7 Å². The van der Waals surface area contributed by atoms with Gasteiger partial charge in [-0.05, 0) is 38.0 Å². The van der Waals surface area contributed by atoms with Crippen molar-refractivity contribution in [1.29, 1.82) is 0 Å². The van der Waals surface area contributed by atoms with E-state index in [1.165, 1.54) is 0 Å². The Morgan fingerprint density at radius 2 is 1.86 bits per heavy atom. The molecule has 0 saturated heterocycles. The molecule has 0 spiro atoms. The Hall–Kier alpha value is -1.07. The standard InChI is InChI=1S/C18H29F3N6.HI/c1-12-25-26-16-8-7-13(11-27(12)16)9-23-17(22-2)24-10-14-5-3-4-6-15(14)18(19,20)21;/h13-15H,3-11H2,1-2H3,(H2,22,23,24);1H. The third-order valence-corrected chi connectivity index (χ3v) is 5.87. The molecule has 28 heavy (non-hydrogen) atoms. The van der Waals surface area contributed by atoms with Gasteiger partial charge < -0.3 is 15.2 Å². The van der Waals surface area contributed by atoms with Crippen LogP contribution in [0, 0.1) is 24.7 Å². The summed E-state index contributed by atoms with van der Waals surface area (Å²) in [5.41, 5.74) is 0. The van der Waals surface area contributed by atoms with Crippen molar-refractivity contribution >= 4 is 29.9 Å². The van der Waals surface area contributed by atoms with Gasteiger partial charge in [0.2, 0.25) is 0 Å². The number of nitrogens with zero attached hydrogens (tertiary/aromatic N) is 4. The molecule has 3 atom stereocenters. The van der Waals surface area contributed by atoms with Crippen LogP contribution in [0.25, 0.3) is 0 Å². The summed E-state index contributed by atoms with van der Waals surface area (Å²) in [6.45, 7) is 3.85. The van der Waals surface area contributed by atoms with Gasteiger partial charge in [0.15, 0.2) is 5.96 Å². The molecule has 3 unspecified atom stereocenters. The number of guanidine groups is 1. The molecule has 6 nitrogen and oxygen atoms in total. The first kappa shape index (κ1) is 23.2. The number of nitrogens with one attached hydrogen (secondary N) is 2. The molecule has 0 radical (unpaired) electrons. The van der Waals surface area contributed by atoms with Crippen molar-refractivity contribution in [3.63, 3.8) is 0 Å². The van der Waals surface area contributed by atoms with Gasteiger partial charge in [0, 0.05) is 33.1 Å². The van der Waals surface area contributed by atoms with Crippen molar-refractivity contribution in [1.82, 2.24) is 25.4 Å². The SMILES string of the molecule is CN=C(NCC1CCc2nnc(C)n2C1)NCC1CCCCC1C(F)(F)F.I. The van der Waals surface area contributed by atoms with E-state index in [2.05, 4.69) is 30.4 Å². The maximum Gasteiger partial charge on any atom is 0.392 e. The van der Waals surface area contributed by atoms with Gasteiger partial charge in [0.05, 0.1) is 5.92 Å². The molecule has 1 fully saturated rings. The van der Waals surface area contributed by atoms with E-state index in [0.29, 0.717) is 31.3 Å². The molecule has 2 N–H and O–H groups in total. The van der Waals surface area contributed by atoms with E-state index in [0.717, 1.165) is 44.0 Å². The maximum atomic E-state index is 13.2. The molecular formula is C18H30F3IN6. The highest BCUT2D eigenvalue weighted by molar-refractivity contribution is 14.0. The molecule has 1 saturated carbocycles. The van der Waals surface area contributed by atoms with E-state index in [-0.39, 0.29) is 36.3 Å². The number of aryl methyl sites for hydroxylation is 2. The Bertz CT molecular complexity index is 660. The number of fused-ring (bicyclic) bond motifs is 1. The highest BCUT2D eigenvalue weighted by Gasteiger charge is 2.45. The lowest BCUT2D eigenvalue weighted by Gasteiger charge is -2.33. The minimum atomic E-state index is -4.11. The fraction of sp³-hybridized carbons (Fsp3) is 0.833. The summed E-state index contributed by atoms with van der Waals surface area (Å²) in [5, 5.41) is 14.7. The molecule has 0 aromatic carbocycles. The van der Waals surface area contributed by atoms with Gasteiger partial charge in [-0.1, -0.05) is 12.8 Å². The zero-order valence-corrected chi connectivity index (χ0v) is 18.8. The van der Waals surface area contributed by atoms with E-state index in [4.69, 9.17) is 0 Å². The van der Waals surface area contributed by atoms with E-state index in [9.17, 15) is 13.2 Å². The molecule has 3 rings (SSSR count). The minimum absolute atomic E-state index is 0. The van der Waals surface area contributed by atoms with Crippen LogP contribution in [0.2, 0.25) is 0 Å². The fourth-order valence-electron chi connectivity index (χ4n) is 4.27. The molecule has 1 aromatic rings. The second kappa shape index (κ2) is 10.1. The van der Waals surface area contributed by atoms with Gasteiger partial charge >= 0.3 is 6.18 Å². The fourth-order valence-corrected chi connectivity index (χ4v) is 4.27. The second-order valence-electron chi connectivity index (χ2n) is 7.71. The van der Waals surface area contributed by atoms with Gasteiger partial charge in [0.25, 0.3) is 0 Å². The van der Waals surface area contributed by atoms with Crippen molar-refractivity contribution < 1.29 is 13.2 Å². The first-order valence-electron chi connectivity index (χ1n) is 9.78. The average molecular weight is 514 g/mol. The molecule has 1 aromatic heterocycles. The Morgan fingerprint density at radius 1 is 1.14 bits per heavy atom. The molecular weight excluding hydrogens is 484 g/mol. The Morgan fingerprint density at radius 3 is 2.57 bits per heavy atom. The van der Waals surface area contributed by atoms with Crippen molar-refractivity contribution in [2.45, 2.75) is 58.2 Å². The quantitative estimate of drug-likeness (QED) is 0.368. The summed E-state index contributed by atoms with van der Waals surface area (Å²) >= 11 is 0. The molecule has 2 heterocycles. The largest absolute Gasteiger partial charge is 0.392 e. The van der Waals surface area contributed by atoms with Gasteiger partial charge in [-0.2, -0.15) is 13.2 Å². The summed E-state index contributed by atoms with van der Waals surface area (Å²) in [4.78, 5) is 4.18. The van der Waals surface area contributed by atoms with Crippen LogP contribution >= 0.6 is 24.0 Å². The molecule has 2 aliphatic rings. The molecule has 0 bridgehead atoms. The maximum absolute atomic E-state index is 13.2. The Kier molecular flexibility index (Phi) is 8.38. The van der Waals surface area contributed by atoms with Crippen LogP contribution in [-0.2, 0) is 13.0 Å². The molecule has 0 amide bonds. The summed E-state index contributed by atoms with van der Waals surface area (Å²) in [6.07, 6.45) is 0.195. The smallest absolute Gasteiger partial charge is 0.356 e. The number of halogens is 4. The molecule has 1 aliphatic carbocycles. The summed E-state index contributed by atoms with van der Waals surface area (Å²) in [6, 6.07) is 0. The summed E-state index contributed by atoms with van der Waals surface area (Å²) < 4.78 is 41.8. The van der Waals surface area contributed by atoms with E-state index >= 15 is 0 Å². The number of alkyl halides is 3. The number of hydrogen-bond donors (Lipinski definition) is 2. The van der Waals surface area contributed by atoms with E-state index in [1.54, 1.807) is 7.05 Å². The first-order valence-corrected chi connectivity index (χ1v) is 9.78. The predicted molar refractivity (Wildman–Crippen MR) is 113 cm³/mol. The van der Waals surface area contributed by atoms with E-state index in [1.807, 2.05) is 6.92 Å². The molecule has 160 valence electrons. The number of hydrogen-bond acceptors (Lipinski definition) is 3. The predicted octanol–water partition coefficient (Wildman–Crippen LogP) is 3.30. The lowest BCUT2D eigenvalue weighted by atomic mass is 9.79. The lowest BCUT2D eigenvalue weighted by molar-refractivity contribution is -0.195. The van der Waals surface area contributed by atoms with Crippen LogP contribution in [-0.4, -0.2) is 47.0 Å². The zero-order valence-electron chi connectivity index (χ0n) is 16.4. The number of aliphatic imine (C=N–C) groups is 1. The highest BCUT2D eigenvalue weighted by Crippen LogP contribution is 2.41. The van der Waals surface area contributed by atoms with Crippen molar-refractivity contribution in [3.8, 4) is 0 Å². The molecule has 10 heteroatoms. The van der Waals surface area contributed by atoms with Crippen LogP contribution < -0.4 is 10.6 Å². The second-order valence-corrected chi connectivity index (χ2v) is 7.71. The third-order valence-electron chi connectivity index (χ3n) is 5.87. The van der Waals surface area contributed by atoms with Gasteiger partial charge in [-0.15, -0.1) is 34.2 Å². The Balaban J connectivity index is 0.00000280. The first-order chi connectivity index (χ1) is 12.9. The van der Waals surface area contributed by atoms with Crippen LogP contribution in [0.5, 0.6) is 0 Å². The topological polar surface area (TPSA) is 67.1 Å². The normalized spacial score (nSPS) is 25.6. The van der Waals surface area contributed by atoms with E-state index < -0.39 is 12.1 Å². The van der Waals surface area contributed by atoms with Crippen molar-refractivity contribution in [2.75, 3.05) is 20.1 Å². The molecule has 1 aliphatic heterocycles. The third kappa shape index (κ3) is 5.73. The summed E-state index contributed by atoms with van der Waals surface area (Å²) in [7, 11) is 1.65. The Labute approximate surface area is 181 Å². The van der Waals surface area contributed by atoms with Crippen LogP contribution in [0.1, 0.15) is 43.8 Å². The van der Waals surface area contributed by atoms with Crippen molar-refractivity contribution in [3.05, 3.63) is 11.6 Å². The van der Waals surface area contributed by atoms with Gasteiger partial charge in [0.1, 0.15) is 11.6 Å². The van der Waals surface area contributed by atoms with Crippen LogP contribution in [0.4, 0.5) is 13.2 Å². The number of rotatable bonds is 4. The van der Waals surface area contributed by atoms with Crippen LogP contribution in [0.3, 0.4) is 0 Å². The lowest BCUT2D eigenvalue weighted by Crippen LogP contribution is -2.45.